The topological polar surface area (TPSA) is 101 Å². The number of nitrogens with one attached hydrogen (secondary N) is 1. The number of rotatable bonds is 9. The molecule has 4 unspecified atom stereocenters. The van der Waals surface area contributed by atoms with Gasteiger partial charge in [0.15, 0.2) is 0 Å². The van der Waals surface area contributed by atoms with Crippen molar-refractivity contribution in [3.05, 3.63) is 11.6 Å². The summed E-state index contributed by atoms with van der Waals surface area (Å²) in [5.74, 6) is -0.260. The first-order valence-corrected chi connectivity index (χ1v) is 11.1. The molecule has 2 aliphatic rings. The molecule has 1 amide bonds. The van der Waals surface area contributed by atoms with Crippen molar-refractivity contribution in [2.75, 3.05) is 20.3 Å². The normalized spacial score (nSPS) is 32.3. The second kappa shape index (κ2) is 9.98. The first-order valence-electron chi connectivity index (χ1n) is 11.1. The van der Waals surface area contributed by atoms with Gasteiger partial charge in [-0.2, -0.15) is 0 Å². The Kier molecular flexibility index (Phi) is 8.36. The minimum absolute atomic E-state index is 0.0246. The highest BCUT2D eigenvalue weighted by molar-refractivity contribution is 5.68. The van der Waals surface area contributed by atoms with Crippen LogP contribution in [0.25, 0.3) is 0 Å². The van der Waals surface area contributed by atoms with Gasteiger partial charge in [0.05, 0.1) is 30.5 Å². The highest BCUT2D eigenvalue weighted by atomic mass is 16.6. The maximum atomic E-state index is 12.5. The molecule has 1 aliphatic heterocycles. The molecule has 30 heavy (non-hydrogen) atoms. The van der Waals surface area contributed by atoms with E-state index in [0.717, 1.165) is 6.42 Å². The van der Waals surface area contributed by atoms with Crippen LogP contribution in [0.4, 0.5) is 4.79 Å². The third-order valence-corrected chi connectivity index (χ3v) is 6.97. The van der Waals surface area contributed by atoms with Crippen LogP contribution in [0.2, 0.25) is 0 Å². The van der Waals surface area contributed by atoms with Crippen molar-refractivity contribution in [2.45, 2.75) is 90.3 Å². The number of hydrogen-bond acceptors (Lipinski definition) is 6. The van der Waals surface area contributed by atoms with Crippen LogP contribution < -0.4 is 5.32 Å². The largest absolute Gasteiger partial charge is 0.443 e. The van der Waals surface area contributed by atoms with E-state index in [1.165, 1.54) is 5.57 Å². The molecule has 1 aliphatic carbocycles. The molecule has 1 saturated carbocycles. The number of ether oxygens (including phenoxy) is 3. The molecule has 0 aromatic heterocycles. The SMILES string of the molecule is COC1C(OC(=O)N[C@@H](CO)C(C)C)CC[C@]2(CO2)C1C(C)(O)[C@H](C)CC=C(C)C. The van der Waals surface area contributed by atoms with E-state index in [2.05, 4.69) is 11.4 Å². The molecule has 3 N–H and O–H groups in total. The Labute approximate surface area is 181 Å². The molecule has 0 aromatic rings. The second-order valence-electron chi connectivity index (χ2n) is 9.84. The van der Waals surface area contributed by atoms with Gasteiger partial charge in [-0.3, -0.25) is 0 Å². The van der Waals surface area contributed by atoms with E-state index >= 15 is 0 Å². The number of aliphatic hydroxyl groups excluding tert-OH is 1. The lowest BCUT2D eigenvalue weighted by Crippen LogP contribution is -2.61. The van der Waals surface area contributed by atoms with Crippen LogP contribution >= 0.6 is 0 Å². The maximum Gasteiger partial charge on any atom is 0.407 e. The first kappa shape index (κ1) is 25.1. The van der Waals surface area contributed by atoms with E-state index in [-0.39, 0.29) is 30.4 Å². The van der Waals surface area contributed by atoms with Crippen molar-refractivity contribution in [1.82, 2.24) is 5.32 Å². The summed E-state index contributed by atoms with van der Waals surface area (Å²) in [6, 6.07) is -0.372. The van der Waals surface area contributed by atoms with Crippen LogP contribution in [0.5, 0.6) is 0 Å². The third-order valence-electron chi connectivity index (χ3n) is 6.97. The first-order chi connectivity index (χ1) is 14.0. The maximum absolute atomic E-state index is 12.5. The monoisotopic (exact) mass is 427 g/mol. The lowest BCUT2D eigenvalue weighted by molar-refractivity contribution is -0.178. The van der Waals surface area contributed by atoms with Gasteiger partial charge < -0.3 is 29.7 Å². The van der Waals surface area contributed by atoms with Crippen molar-refractivity contribution in [1.29, 1.82) is 0 Å². The Balaban J connectivity index is 2.18. The van der Waals surface area contributed by atoms with Crippen LogP contribution in [-0.4, -0.2) is 66.1 Å². The lowest BCUT2D eigenvalue weighted by atomic mass is 9.63. The number of amides is 1. The number of epoxide rings is 1. The lowest BCUT2D eigenvalue weighted by Gasteiger charge is -2.49. The fourth-order valence-corrected chi connectivity index (χ4v) is 4.62. The fourth-order valence-electron chi connectivity index (χ4n) is 4.62. The van der Waals surface area contributed by atoms with Crippen molar-refractivity contribution in [3.8, 4) is 0 Å². The molecule has 2 rings (SSSR count). The molecule has 2 fully saturated rings. The van der Waals surface area contributed by atoms with Crippen molar-refractivity contribution in [3.63, 3.8) is 0 Å². The van der Waals surface area contributed by atoms with Gasteiger partial charge in [0, 0.05) is 13.0 Å². The predicted molar refractivity (Wildman–Crippen MR) is 115 cm³/mol. The zero-order valence-corrected chi connectivity index (χ0v) is 19.6. The van der Waals surface area contributed by atoms with E-state index in [4.69, 9.17) is 14.2 Å². The van der Waals surface area contributed by atoms with Gasteiger partial charge >= 0.3 is 6.09 Å². The summed E-state index contributed by atoms with van der Waals surface area (Å²) < 4.78 is 17.4. The third kappa shape index (κ3) is 5.55. The summed E-state index contributed by atoms with van der Waals surface area (Å²) in [4.78, 5) is 12.5. The summed E-state index contributed by atoms with van der Waals surface area (Å²) >= 11 is 0. The zero-order chi connectivity index (χ0) is 22.7. The number of carbonyl (C=O) groups excluding carboxylic acids is 1. The van der Waals surface area contributed by atoms with Gasteiger partial charge in [-0.1, -0.05) is 32.4 Å². The van der Waals surface area contributed by atoms with E-state index in [1.807, 2.05) is 41.5 Å². The molecule has 0 aromatic carbocycles. The predicted octanol–water partition coefficient (Wildman–Crippen LogP) is 3.04. The Morgan fingerprint density at radius 3 is 2.47 bits per heavy atom. The molecule has 1 heterocycles. The molecular formula is C23H41NO6. The highest BCUT2D eigenvalue weighted by Gasteiger charge is 2.65. The fraction of sp³-hybridized carbons (Fsp3) is 0.870. The number of hydrogen-bond donors (Lipinski definition) is 3. The molecule has 0 bridgehead atoms. The quantitative estimate of drug-likeness (QED) is 0.386. The molecule has 7 nitrogen and oxygen atoms in total. The van der Waals surface area contributed by atoms with Crippen LogP contribution in [-0.2, 0) is 14.2 Å². The molecule has 7 heteroatoms. The minimum Gasteiger partial charge on any atom is -0.443 e. The van der Waals surface area contributed by atoms with Gasteiger partial charge in [0.25, 0.3) is 0 Å². The average molecular weight is 428 g/mol. The molecule has 174 valence electrons. The molecule has 1 spiro atoms. The molecule has 0 radical (unpaired) electrons. The second-order valence-corrected chi connectivity index (χ2v) is 9.84. The van der Waals surface area contributed by atoms with Crippen LogP contribution in [0.15, 0.2) is 11.6 Å². The summed E-state index contributed by atoms with van der Waals surface area (Å²) in [7, 11) is 1.59. The Hall–Kier alpha value is -1.15. The van der Waals surface area contributed by atoms with E-state index in [1.54, 1.807) is 7.11 Å². The minimum atomic E-state index is -1.06. The van der Waals surface area contributed by atoms with Gasteiger partial charge in [0.2, 0.25) is 0 Å². The molecule has 1 saturated heterocycles. The average Bonchev–Trinajstić information content (AvgIpc) is 3.44. The summed E-state index contributed by atoms with van der Waals surface area (Å²) in [5.41, 5.74) is -0.276. The van der Waals surface area contributed by atoms with E-state index < -0.39 is 29.5 Å². The molecule has 7 atom stereocenters. The number of alkyl carbamates (subject to hydrolysis) is 1. The van der Waals surface area contributed by atoms with Gasteiger partial charge in [-0.25, -0.2) is 4.79 Å². The number of allylic oxidation sites excluding steroid dienone is 2. The van der Waals surface area contributed by atoms with Crippen molar-refractivity contribution in [2.24, 2.45) is 17.8 Å². The Morgan fingerprint density at radius 2 is 2.00 bits per heavy atom. The zero-order valence-electron chi connectivity index (χ0n) is 19.6. The van der Waals surface area contributed by atoms with E-state index in [0.29, 0.717) is 19.4 Å². The van der Waals surface area contributed by atoms with Crippen molar-refractivity contribution >= 4 is 6.09 Å². The van der Waals surface area contributed by atoms with Gasteiger partial charge in [-0.05, 0) is 51.9 Å². The molecular weight excluding hydrogens is 386 g/mol. The number of aliphatic hydroxyl groups is 2. The summed E-state index contributed by atoms with van der Waals surface area (Å²) in [5, 5.41) is 23.8. The number of methoxy groups -OCH3 is 1. The van der Waals surface area contributed by atoms with Gasteiger partial charge in [0.1, 0.15) is 12.2 Å². The Bertz CT molecular complexity index is 609. The van der Waals surface area contributed by atoms with Gasteiger partial charge in [-0.15, -0.1) is 0 Å². The summed E-state index contributed by atoms with van der Waals surface area (Å²) in [6.07, 6.45) is 2.63. The highest BCUT2D eigenvalue weighted by Crippen LogP contribution is 2.53. The van der Waals surface area contributed by atoms with E-state index in [9.17, 15) is 15.0 Å². The van der Waals surface area contributed by atoms with Crippen LogP contribution in [0.3, 0.4) is 0 Å². The van der Waals surface area contributed by atoms with Crippen LogP contribution in [0.1, 0.15) is 60.8 Å². The summed E-state index contributed by atoms with van der Waals surface area (Å²) in [6.45, 7) is 12.3. The van der Waals surface area contributed by atoms with Crippen molar-refractivity contribution < 1.29 is 29.2 Å². The standard InChI is InChI=1S/C23H41NO6/c1-14(2)8-9-16(5)22(6,27)20-19(28-7)18(10-11-23(20)13-29-23)30-21(26)24-17(12-25)15(3)4/h8,15-20,25,27H,9-13H2,1-7H3,(H,24,26)/t16-,17+,18?,19?,20?,22?,23+/m1/s1. The van der Waals surface area contributed by atoms with Crippen LogP contribution in [0, 0.1) is 17.8 Å². The smallest absolute Gasteiger partial charge is 0.407 e. The Morgan fingerprint density at radius 1 is 1.37 bits per heavy atom. The number of carbonyl (C=O) groups is 1.